The third kappa shape index (κ3) is 4.02. The van der Waals surface area contributed by atoms with Crippen LogP contribution in [0.25, 0.3) is 11.5 Å². The molecule has 0 bridgehead atoms. The van der Waals surface area contributed by atoms with Crippen molar-refractivity contribution in [1.29, 1.82) is 0 Å². The predicted molar refractivity (Wildman–Crippen MR) is 105 cm³/mol. The summed E-state index contributed by atoms with van der Waals surface area (Å²) >= 11 is 0. The Kier molecular flexibility index (Phi) is 5.09. The van der Waals surface area contributed by atoms with Crippen LogP contribution < -0.4 is 5.32 Å². The third-order valence-corrected chi connectivity index (χ3v) is 5.85. The van der Waals surface area contributed by atoms with Gasteiger partial charge in [-0.1, -0.05) is 24.3 Å². The van der Waals surface area contributed by atoms with Crippen molar-refractivity contribution in [2.75, 3.05) is 5.32 Å². The van der Waals surface area contributed by atoms with Crippen LogP contribution in [0.4, 0.5) is 10.3 Å². The van der Waals surface area contributed by atoms with E-state index in [4.69, 9.17) is 4.42 Å². The van der Waals surface area contributed by atoms with Crippen molar-refractivity contribution in [2.24, 2.45) is 0 Å². The molecule has 0 unspecified atom stereocenters. The number of halogens is 1. The van der Waals surface area contributed by atoms with Gasteiger partial charge in [0.1, 0.15) is 5.82 Å². The van der Waals surface area contributed by atoms with E-state index < -0.39 is 15.7 Å². The second-order valence-corrected chi connectivity index (χ2v) is 8.06. The second-order valence-electron chi connectivity index (χ2n) is 6.19. The third-order valence-electron chi connectivity index (χ3n) is 4.17. The number of nitrogens with one attached hydrogen (secondary N) is 1. The fraction of sp³-hybridized carbons (Fsp3) is 0.0476. The Bertz CT molecular complexity index is 1210. The molecule has 0 spiro atoms. The Morgan fingerprint density at radius 2 is 1.72 bits per heavy atom. The molecule has 29 heavy (non-hydrogen) atoms. The average molecular weight is 409 g/mol. The maximum atomic E-state index is 13.2. The summed E-state index contributed by atoms with van der Waals surface area (Å²) in [5, 5.41) is 2.75. The van der Waals surface area contributed by atoms with E-state index in [1.54, 1.807) is 36.7 Å². The van der Waals surface area contributed by atoms with Crippen molar-refractivity contribution < 1.29 is 17.2 Å². The molecule has 4 aromatic rings. The number of aromatic nitrogens is 2. The zero-order valence-corrected chi connectivity index (χ0v) is 15.9. The number of pyridine rings is 1. The van der Waals surface area contributed by atoms with Gasteiger partial charge in [-0.05, 0) is 48.0 Å². The molecule has 2 aromatic carbocycles. The number of hydrogen-bond donors (Lipinski definition) is 1. The largest absolute Gasteiger partial charge is 0.419 e. The van der Waals surface area contributed by atoms with Crippen LogP contribution >= 0.6 is 0 Å². The SMILES string of the molecule is O=S(=O)(c1ccccc1)c1nc(-c2ccc(F)cc2)oc1NCc1cccnc1. The van der Waals surface area contributed by atoms with E-state index in [0.29, 0.717) is 12.1 Å². The lowest BCUT2D eigenvalue weighted by atomic mass is 10.2. The van der Waals surface area contributed by atoms with Crippen molar-refractivity contribution >= 4 is 15.7 Å². The van der Waals surface area contributed by atoms with Crippen LogP contribution in [-0.4, -0.2) is 18.4 Å². The van der Waals surface area contributed by atoms with Crippen LogP contribution in [0.1, 0.15) is 5.56 Å². The van der Waals surface area contributed by atoms with Gasteiger partial charge >= 0.3 is 0 Å². The van der Waals surface area contributed by atoms with Gasteiger partial charge in [0, 0.05) is 24.5 Å². The van der Waals surface area contributed by atoms with E-state index in [-0.39, 0.29) is 21.7 Å². The first-order chi connectivity index (χ1) is 14.0. The molecule has 8 heteroatoms. The van der Waals surface area contributed by atoms with Gasteiger partial charge in [-0.2, -0.15) is 4.98 Å². The summed E-state index contributed by atoms with van der Waals surface area (Å²) in [6, 6.07) is 17.1. The Balaban J connectivity index is 1.76. The number of hydrogen-bond acceptors (Lipinski definition) is 6. The lowest BCUT2D eigenvalue weighted by molar-refractivity contribution is 0.576. The Morgan fingerprint density at radius 3 is 2.41 bits per heavy atom. The van der Waals surface area contributed by atoms with Gasteiger partial charge in [0.05, 0.1) is 4.90 Å². The highest BCUT2D eigenvalue weighted by atomic mass is 32.2. The van der Waals surface area contributed by atoms with Crippen molar-refractivity contribution in [1.82, 2.24) is 9.97 Å². The zero-order chi connectivity index (χ0) is 20.3. The van der Waals surface area contributed by atoms with E-state index in [1.165, 1.54) is 36.4 Å². The topological polar surface area (TPSA) is 85.1 Å². The fourth-order valence-electron chi connectivity index (χ4n) is 2.71. The molecule has 146 valence electrons. The number of sulfone groups is 1. The van der Waals surface area contributed by atoms with Gasteiger partial charge < -0.3 is 9.73 Å². The number of oxazole rings is 1. The summed E-state index contributed by atoms with van der Waals surface area (Å²) in [7, 11) is -3.93. The Hall–Kier alpha value is -3.52. The van der Waals surface area contributed by atoms with E-state index in [1.807, 2.05) is 6.07 Å². The van der Waals surface area contributed by atoms with E-state index in [2.05, 4.69) is 15.3 Å². The lowest BCUT2D eigenvalue weighted by Crippen LogP contribution is -2.07. The average Bonchev–Trinajstić information content (AvgIpc) is 3.19. The van der Waals surface area contributed by atoms with Gasteiger partial charge in [-0.3, -0.25) is 4.98 Å². The fourth-order valence-corrected chi connectivity index (χ4v) is 4.01. The maximum Gasteiger partial charge on any atom is 0.234 e. The number of nitrogens with zero attached hydrogens (tertiary/aromatic N) is 2. The minimum Gasteiger partial charge on any atom is -0.419 e. The molecule has 0 fully saturated rings. The zero-order valence-electron chi connectivity index (χ0n) is 15.1. The van der Waals surface area contributed by atoms with Gasteiger partial charge in [0.25, 0.3) is 0 Å². The molecule has 0 aliphatic rings. The smallest absolute Gasteiger partial charge is 0.234 e. The second kappa shape index (κ2) is 7.84. The van der Waals surface area contributed by atoms with Gasteiger partial charge in [0.15, 0.2) is 0 Å². The summed E-state index contributed by atoms with van der Waals surface area (Å²) in [6.45, 7) is 0.295. The van der Waals surface area contributed by atoms with Crippen LogP contribution in [0.3, 0.4) is 0 Å². The van der Waals surface area contributed by atoms with Crippen LogP contribution in [0.5, 0.6) is 0 Å². The quantitative estimate of drug-likeness (QED) is 0.510. The van der Waals surface area contributed by atoms with Crippen molar-refractivity contribution in [3.63, 3.8) is 0 Å². The normalized spacial score (nSPS) is 11.3. The maximum absolute atomic E-state index is 13.2. The number of rotatable bonds is 6. The minimum atomic E-state index is -3.93. The molecule has 0 aliphatic carbocycles. The number of benzene rings is 2. The molecule has 4 rings (SSSR count). The standard InChI is InChI=1S/C21H16FN3O3S/c22-17-10-8-16(9-11-17)19-25-21(29(26,27)18-6-2-1-3-7-18)20(28-19)24-14-15-5-4-12-23-13-15/h1-13,24H,14H2. The molecule has 2 aromatic heterocycles. The highest BCUT2D eigenvalue weighted by Crippen LogP contribution is 2.32. The van der Waals surface area contributed by atoms with Gasteiger partial charge in [-0.25, -0.2) is 12.8 Å². The monoisotopic (exact) mass is 409 g/mol. The van der Waals surface area contributed by atoms with Crippen LogP contribution in [0.2, 0.25) is 0 Å². The molecule has 0 aliphatic heterocycles. The predicted octanol–water partition coefficient (Wildman–Crippen LogP) is 4.32. The number of anilines is 1. The summed E-state index contributed by atoms with van der Waals surface area (Å²) in [4.78, 5) is 8.35. The molecule has 0 amide bonds. The van der Waals surface area contributed by atoms with Gasteiger partial charge in [-0.15, -0.1) is 0 Å². The van der Waals surface area contributed by atoms with Crippen molar-refractivity contribution in [2.45, 2.75) is 16.5 Å². The van der Waals surface area contributed by atoms with Crippen LogP contribution in [0.15, 0.2) is 93.5 Å². The summed E-state index contributed by atoms with van der Waals surface area (Å²) < 4.78 is 45.2. The Labute approximate surface area is 167 Å². The van der Waals surface area contributed by atoms with E-state index >= 15 is 0 Å². The summed E-state index contributed by atoms with van der Waals surface area (Å²) in [5.74, 6) is -0.322. The molecule has 6 nitrogen and oxygen atoms in total. The first-order valence-electron chi connectivity index (χ1n) is 8.74. The molecular weight excluding hydrogens is 393 g/mol. The molecule has 0 saturated carbocycles. The molecular formula is C21H16FN3O3S. The van der Waals surface area contributed by atoms with Gasteiger partial charge in [0.2, 0.25) is 26.6 Å². The summed E-state index contributed by atoms with van der Waals surface area (Å²) in [5.41, 5.74) is 1.31. The van der Waals surface area contributed by atoms with Crippen molar-refractivity contribution in [3.8, 4) is 11.5 Å². The van der Waals surface area contributed by atoms with Crippen molar-refractivity contribution in [3.05, 3.63) is 90.5 Å². The Morgan fingerprint density at radius 1 is 0.966 bits per heavy atom. The molecule has 1 N–H and O–H groups in total. The van der Waals surface area contributed by atoms with Crippen LogP contribution in [0, 0.1) is 5.82 Å². The summed E-state index contributed by atoms with van der Waals surface area (Å²) in [6.07, 6.45) is 3.31. The minimum absolute atomic E-state index is 0.0111. The first-order valence-corrected chi connectivity index (χ1v) is 10.2. The van der Waals surface area contributed by atoms with Crippen LogP contribution in [-0.2, 0) is 16.4 Å². The lowest BCUT2D eigenvalue weighted by Gasteiger charge is -2.06. The molecule has 2 heterocycles. The highest BCUT2D eigenvalue weighted by molar-refractivity contribution is 7.91. The molecule has 0 saturated heterocycles. The first kappa shape index (κ1) is 18.8. The van der Waals surface area contributed by atoms with E-state index in [0.717, 1.165) is 5.56 Å². The molecule has 0 atom stereocenters. The highest BCUT2D eigenvalue weighted by Gasteiger charge is 2.28. The van der Waals surface area contributed by atoms with E-state index in [9.17, 15) is 12.8 Å². The molecule has 0 radical (unpaired) electrons.